The summed E-state index contributed by atoms with van der Waals surface area (Å²) in [5.41, 5.74) is 4.40. The Balaban J connectivity index is 2.79. The Morgan fingerprint density at radius 1 is 1.05 bits per heavy atom. The highest BCUT2D eigenvalue weighted by Crippen LogP contribution is 2.17. The van der Waals surface area contributed by atoms with Gasteiger partial charge in [0.15, 0.2) is 5.78 Å². The van der Waals surface area contributed by atoms with Gasteiger partial charge in [-0.15, -0.1) is 0 Å². The molecule has 0 saturated carbocycles. The summed E-state index contributed by atoms with van der Waals surface area (Å²) in [6.45, 7) is 13.3. The van der Waals surface area contributed by atoms with Gasteiger partial charge in [-0.3, -0.25) is 9.69 Å². The number of hydrogen-bond donors (Lipinski definition) is 0. The van der Waals surface area contributed by atoms with Gasteiger partial charge in [-0.05, 0) is 69.8 Å². The van der Waals surface area contributed by atoms with Gasteiger partial charge in [-0.25, -0.2) is 0 Å². The van der Waals surface area contributed by atoms with E-state index in [2.05, 4.69) is 45.6 Å². The first-order chi connectivity index (χ1) is 9.22. The molecule has 112 valence electrons. The van der Waals surface area contributed by atoms with Gasteiger partial charge in [0.1, 0.15) is 0 Å². The van der Waals surface area contributed by atoms with Crippen LogP contribution in [0.5, 0.6) is 0 Å². The van der Waals surface area contributed by atoms with E-state index in [9.17, 15) is 4.79 Å². The Hall–Kier alpha value is -1.15. The second kappa shape index (κ2) is 7.03. The number of rotatable bonds is 6. The van der Waals surface area contributed by atoms with Crippen molar-refractivity contribution in [1.82, 2.24) is 4.90 Å². The zero-order valence-corrected chi connectivity index (χ0v) is 14.1. The fraction of sp³-hybridized carbons (Fsp3) is 0.611. The molecule has 0 fully saturated rings. The summed E-state index contributed by atoms with van der Waals surface area (Å²) in [5.74, 6) is 0.884. The van der Waals surface area contributed by atoms with E-state index in [1.54, 1.807) is 0 Å². The summed E-state index contributed by atoms with van der Waals surface area (Å²) < 4.78 is 0. The van der Waals surface area contributed by atoms with Crippen LogP contribution in [0.4, 0.5) is 0 Å². The van der Waals surface area contributed by atoms with Crippen LogP contribution < -0.4 is 0 Å². The molecule has 0 heterocycles. The lowest BCUT2D eigenvalue weighted by molar-refractivity contribution is 0.0916. The molecule has 20 heavy (non-hydrogen) atoms. The van der Waals surface area contributed by atoms with Crippen molar-refractivity contribution >= 4 is 5.78 Å². The van der Waals surface area contributed by atoms with Crippen LogP contribution in [0.25, 0.3) is 0 Å². The molecule has 1 rings (SSSR count). The molecule has 2 nitrogen and oxygen atoms in total. The van der Waals surface area contributed by atoms with E-state index < -0.39 is 0 Å². The van der Waals surface area contributed by atoms with Crippen molar-refractivity contribution in [2.24, 2.45) is 5.92 Å². The summed E-state index contributed by atoms with van der Waals surface area (Å²) >= 11 is 0. The van der Waals surface area contributed by atoms with Crippen LogP contribution in [-0.2, 0) is 0 Å². The molecule has 0 saturated heterocycles. The van der Waals surface area contributed by atoms with Crippen molar-refractivity contribution < 1.29 is 4.79 Å². The fourth-order valence-corrected chi connectivity index (χ4v) is 2.59. The van der Waals surface area contributed by atoms with E-state index in [0.717, 1.165) is 17.5 Å². The van der Waals surface area contributed by atoms with Crippen LogP contribution in [0.1, 0.15) is 54.2 Å². The maximum atomic E-state index is 12.5. The van der Waals surface area contributed by atoms with Crippen LogP contribution in [0.2, 0.25) is 0 Å². The standard InChI is InChI=1S/C18H29NO/c1-12(2)8-16(6)19(7)11-18(20)17-10-14(4)13(3)9-15(17)5/h9-10,12,16H,8,11H2,1-7H3. The fourth-order valence-electron chi connectivity index (χ4n) is 2.59. The van der Waals surface area contributed by atoms with Crippen molar-refractivity contribution in [1.29, 1.82) is 0 Å². The van der Waals surface area contributed by atoms with Gasteiger partial charge >= 0.3 is 0 Å². The molecular formula is C18H29NO. The number of carbonyl (C=O) groups excluding carboxylic acids is 1. The van der Waals surface area contributed by atoms with Gasteiger partial charge in [0.2, 0.25) is 0 Å². The number of carbonyl (C=O) groups is 1. The van der Waals surface area contributed by atoms with Crippen LogP contribution >= 0.6 is 0 Å². The number of aryl methyl sites for hydroxylation is 3. The third-order valence-corrected chi connectivity index (χ3v) is 4.10. The Bertz CT molecular complexity index is 477. The number of Topliss-reactive ketones (excluding diaryl/α,β-unsaturated/α-hetero) is 1. The van der Waals surface area contributed by atoms with Crippen LogP contribution in [-0.4, -0.2) is 30.3 Å². The first kappa shape index (κ1) is 16.9. The first-order valence-corrected chi connectivity index (χ1v) is 7.53. The smallest absolute Gasteiger partial charge is 0.177 e. The average Bonchev–Trinajstić information content (AvgIpc) is 2.32. The Morgan fingerprint density at radius 2 is 1.60 bits per heavy atom. The Labute approximate surface area is 124 Å². The molecule has 0 radical (unpaired) electrons. The van der Waals surface area contributed by atoms with Crippen molar-refractivity contribution in [2.75, 3.05) is 13.6 Å². The third kappa shape index (κ3) is 4.45. The average molecular weight is 275 g/mol. The van der Waals surface area contributed by atoms with E-state index in [1.807, 2.05) is 20.0 Å². The molecule has 1 aromatic rings. The number of ketones is 1. The molecule has 0 amide bonds. The first-order valence-electron chi connectivity index (χ1n) is 7.53. The molecule has 1 unspecified atom stereocenters. The van der Waals surface area contributed by atoms with Crippen LogP contribution in [0, 0.1) is 26.7 Å². The van der Waals surface area contributed by atoms with E-state index in [-0.39, 0.29) is 5.78 Å². The molecule has 0 aliphatic heterocycles. The van der Waals surface area contributed by atoms with Crippen LogP contribution in [0.15, 0.2) is 12.1 Å². The van der Waals surface area contributed by atoms with Gasteiger partial charge in [-0.1, -0.05) is 19.9 Å². The van der Waals surface area contributed by atoms with Gasteiger partial charge in [0.05, 0.1) is 6.54 Å². The van der Waals surface area contributed by atoms with Gasteiger partial charge < -0.3 is 0 Å². The minimum atomic E-state index is 0.226. The highest BCUT2D eigenvalue weighted by atomic mass is 16.1. The molecule has 0 N–H and O–H groups in total. The number of likely N-dealkylation sites (N-methyl/N-ethyl adjacent to an activating group) is 1. The molecule has 1 aromatic carbocycles. The van der Waals surface area contributed by atoms with Crippen molar-refractivity contribution in [3.8, 4) is 0 Å². The SMILES string of the molecule is Cc1cc(C)c(C(=O)CN(C)C(C)CC(C)C)cc1C. The predicted octanol–water partition coefficient (Wildman–Crippen LogP) is 4.16. The van der Waals surface area contributed by atoms with Gasteiger partial charge in [-0.2, -0.15) is 0 Å². The monoisotopic (exact) mass is 275 g/mol. The van der Waals surface area contributed by atoms with Gasteiger partial charge in [0.25, 0.3) is 0 Å². The summed E-state index contributed by atoms with van der Waals surface area (Å²) in [5, 5.41) is 0. The minimum Gasteiger partial charge on any atom is -0.296 e. The van der Waals surface area contributed by atoms with Crippen molar-refractivity contribution in [3.05, 3.63) is 34.4 Å². The molecule has 0 bridgehead atoms. The van der Waals surface area contributed by atoms with Gasteiger partial charge in [0, 0.05) is 11.6 Å². The second-order valence-corrected chi connectivity index (χ2v) is 6.57. The highest BCUT2D eigenvalue weighted by Gasteiger charge is 2.17. The minimum absolute atomic E-state index is 0.226. The number of hydrogen-bond acceptors (Lipinski definition) is 2. The summed E-state index contributed by atoms with van der Waals surface area (Å²) in [7, 11) is 2.04. The largest absolute Gasteiger partial charge is 0.296 e. The lowest BCUT2D eigenvalue weighted by Gasteiger charge is -2.25. The molecule has 0 aromatic heterocycles. The number of nitrogens with zero attached hydrogens (tertiary/aromatic N) is 1. The maximum Gasteiger partial charge on any atom is 0.177 e. The van der Waals surface area contributed by atoms with E-state index in [0.29, 0.717) is 18.5 Å². The van der Waals surface area contributed by atoms with E-state index >= 15 is 0 Å². The molecule has 0 spiro atoms. The second-order valence-electron chi connectivity index (χ2n) is 6.57. The molecule has 1 atom stereocenters. The summed E-state index contributed by atoms with van der Waals surface area (Å²) in [6, 6.07) is 4.58. The topological polar surface area (TPSA) is 20.3 Å². The predicted molar refractivity (Wildman–Crippen MR) is 86.5 cm³/mol. The molecule has 0 aliphatic carbocycles. The lowest BCUT2D eigenvalue weighted by Crippen LogP contribution is -2.35. The highest BCUT2D eigenvalue weighted by molar-refractivity contribution is 5.99. The van der Waals surface area contributed by atoms with E-state index in [4.69, 9.17) is 0 Å². The van der Waals surface area contributed by atoms with Crippen molar-refractivity contribution in [2.45, 2.75) is 54.0 Å². The molecule has 0 aliphatic rings. The zero-order valence-electron chi connectivity index (χ0n) is 14.1. The number of benzene rings is 1. The lowest BCUT2D eigenvalue weighted by atomic mass is 9.97. The maximum absolute atomic E-state index is 12.5. The summed E-state index contributed by atoms with van der Waals surface area (Å²) in [6.07, 6.45) is 1.12. The van der Waals surface area contributed by atoms with Crippen LogP contribution in [0.3, 0.4) is 0 Å². The third-order valence-electron chi connectivity index (χ3n) is 4.10. The normalized spacial score (nSPS) is 13.1. The molecule has 2 heteroatoms. The Morgan fingerprint density at radius 3 is 2.15 bits per heavy atom. The quantitative estimate of drug-likeness (QED) is 0.727. The zero-order chi connectivity index (χ0) is 15.4. The van der Waals surface area contributed by atoms with Crippen molar-refractivity contribution in [3.63, 3.8) is 0 Å². The molecular weight excluding hydrogens is 246 g/mol. The summed E-state index contributed by atoms with van der Waals surface area (Å²) in [4.78, 5) is 14.7. The Kier molecular flexibility index (Phi) is 5.94. The van der Waals surface area contributed by atoms with E-state index in [1.165, 1.54) is 11.1 Å².